The predicted molar refractivity (Wildman–Crippen MR) is 111 cm³/mol. The van der Waals surface area contributed by atoms with Crippen molar-refractivity contribution in [2.24, 2.45) is 7.05 Å². The highest BCUT2D eigenvalue weighted by atomic mass is 32.2. The molecule has 1 N–H and O–H groups in total. The Hall–Kier alpha value is -2.60. The first-order valence-corrected chi connectivity index (χ1v) is 9.75. The van der Waals surface area contributed by atoms with Crippen molar-refractivity contribution in [1.82, 2.24) is 14.8 Å². The van der Waals surface area contributed by atoms with E-state index in [0.29, 0.717) is 0 Å². The number of carbonyl (C=O) groups excluding carboxylic acids is 1. The van der Waals surface area contributed by atoms with Crippen LogP contribution in [0.3, 0.4) is 0 Å². The van der Waals surface area contributed by atoms with Gasteiger partial charge in [0.05, 0.1) is 5.25 Å². The van der Waals surface area contributed by atoms with Crippen LogP contribution >= 0.6 is 11.8 Å². The molecule has 0 fully saturated rings. The Bertz CT molecular complexity index is 980. The van der Waals surface area contributed by atoms with E-state index in [1.54, 1.807) is 0 Å². The van der Waals surface area contributed by atoms with Crippen molar-refractivity contribution in [2.45, 2.75) is 38.1 Å². The van der Waals surface area contributed by atoms with Crippen LogP contribution in [0.4, 0.5) is 5.69 Å². The molecule has 0 saturated carbocycles. The summed E-state index contributed by atoms with van der Waals surface area (Å²) in [5, 5.41) is 12.0. The molecule has 1 aromatic heterocycles. The summed E-state index contributed by atoms with van der Waals surface area (Å²) in [7, 11) is 1.93. The average molecular weight is 381 g/mol. The maximum absolute atomic E-state index is 12.6. The Labute approximate surface area is 164 Å². The Balaban J connectivity index is 1.73. The van der Waals surface area contributed by atoms with Gasteiger partial charge < -0.3 is 9.88 Å². The summed E-state index contributed by atoms with van der Waals surface area (Å²) in [6.45, 7) is 7.97. The van der Waals surface area contributed by atoms with Gasteiger partial charge in [0.15, 0.2) is 11.0 Å². The number of rotatable bonds is 5. The van der Waals surface area contributed by atoms with Crippen LogP contribution in [0.1, 0.15) is 23.6 Å². The van der Waals surface area contributed by atoms with Crippen molar-refractivity contribution in [3.63, 3.8) is 0 Å². The van der Waals surface area contributed by atoms with E-state index in [0.717, 1.165) is 33.4 Å². The molecule has 0 radical (unpaired) electrons. The number of nitrogens with one attached hydrogen (secondary N) is 1. The molecule has 1 atom stereocenters. The van der Waals surface area contributed by atoms with Gasteiger partial charge in [-0.15, -0.1) is 10.2 Å². The second-order valence-corrected chi connectivity index (χ2v) is 8.06. The predicted octanol–water partition coefficient (Wildman–Crippen LogP) is 4.53. The van der Waals surface area contributed by atoms with Gasteiger partial charge in [0.25, 0.3) is 0 Å². The molecule has 5 nitrogen and oxygen atoms in total. The third-order valence-corrected chi connectivity index (χ3v) is 5.65. The minimum atomic E-state index is -0.293. The van der Waals surface area contributed by atoms with Gasteiger partial charge in [-0.05, 0) is 44.9 Å². The number of amides is 1. The lowest BCUT2D eigenvalue weighted by Gasteiger charge is -2.13. The maximum Gasteiger partial charge on any atom is 0.237 e. The normalized spacial score (nSPS) is 12.0. The molecule has 0 aliphatic carbocycles. The van der Waals surface area contributed by atoms with Crippen LogP contribution in [-0.2, 0) is 11.8 Å². The first-order chi connectivity index (χ1) is 12.9. The first-order valence-electron chi connectivity index (χ1n) is 8.87. The largest absolute Gasteiger partial charge is 0.325 e. The number of aromatic nitrogens is 3. The lowest BCUT2D eigenvalue weighted by atomic mass is 10.1. The SMILES string of the molecule is Cc1ccc(NC(=O)[C@H](C)Sc2nnc(-c3ccccc3C)n2C)c(C)c1. The minimum Gasteiger partial charge on any atom is -0.325 e. The molecule has 6 heteroatoms. The maximum atomic E-state index is 12.6. The average Bonchev–Trinajstić information content (AvgIpc) is 2.98. The molecular formula is C21H24N4OS. The molecule has 1 heterocycles. The van der Waals surface area contributed by atoms with Gasteiger partial charge in [0.1, 0.15) is 0 Å². The summed E-state index contributed by atoms with van der Waals surface area (Å²) in [4.78, 5) is 12.6. The smallest absolute Gasteiger partial charge is 0.237 e. The van der Waals surface area contributed by atoms with Crippen LogP contribution in [0.25, 0.3) is 11.4 Å². The van der Waals surface area contributed by atoms with E-state index in [1.165, 1.54) is 17.3 Å². The van der Waals surface area contributed by atoms with E-state index in [1.807, 2.05) is 62.7 Å². The summed E-state index contributed by atoms with van der Waals surface area (Å²) in [5.74, 6) is 0.755. The number of hydrogen-bond acceptors (Lipinski definition) is 4. The van der Waals surface area contributed by atoms with Gasteiger partial charge in [0.2, 0.25) is 5.91 Å². The molecule has 0 bridgehead atoms. The summed E-state index contributed by atoms with van der Waals surface area (Å²) in [5.41, 5.74) is 5.27. The summed E-state index contributed by atoms with van der Waals surface area (Å²) in [6.07, 6.45) is 0. The van der Waals surface area contributed by atoms with E-state index in [2.05, 4.69) is 34.6 Å². The molecule has 2 aromatic carbocycles. The van der Waals surface area contributed by atoms with Crippen molar-refractivity contribution < 1.29 is 4.79 Å². The second kappa shape index (κ2) is 7.96. The number of hydrogen-bond donors (Lipinski definition) is 1. The van der Waals surface area contributed by atoms with E-state index in [9.17, 15) is 4.79 Å². The topological polar surface area (TPSA) is 59.8 Å². The lowest BCUT2D eigenvalue weighted by Crippen LogP contribution is -2.23. The van der Waals surface area contributed by atoms with Gasteiger partial charge in [-0.1, -0.05) is 53.7 Å². The quantitative estimate of drug-likeness (QED) is 0.661. The van der Waals surface area contributed by atoms with Crippen LogP contribution in [0.15, 0.2) is 47.6 Å². The number of thioether (sulfide) groups is 1. The second-order valence-electron chi connectivity index (χ2n) is 6.75. The lowest BCUT2D eigenvalue weighted by molar-refractivity contribution is -0.115. The minimum absolute atomic E-state index is 0.0487. The fraction of sp³-hybridized carbons (Fsp3) is 0.286. The Morgan fingerprint density at radius 2 is 1.81 bits per heavy atom. The van der Waals surface area contributed by atoms with Crippen molar-refractivity contribution in [1.29, 1.82) is 0 Å². The number of benzene rings is 2. The summed E-state index contributed by atoms with van der Waals surface area (Å²) < 4.78 is 1.94. The standard InChI is InChI=1S/C21H24N4OS/c1-13-10-11-18(15(3)12-13)22-20(26)16(4)27-21-24-23-19(25(21)5)17-9-7-6-8-14(17)2/h6-12,16H,1-5H3,(H,22,26)/t16-/m0/s1. The van der Waals surface area contributed by atoms with Gasteiger partial charge in [-0.2, -0.15) is 0 Å². The van der Waals surface area contributed by atoms with Crippen LogP contribution in [0, 0.1) is 20.8 Å². The zero-order valence-corrected chi connectivity index (χ0v) is 17.1. The third kappa shape index (κ3) is 4.22. The molecule has 1 amide bonds. The highest BCUT2D eigenvalue weighted by Gasteiger charge is 2.20. The fourth-order valence-electron chi connectivity index (χ4n) is 2.88. The van der Waals surface area contributed by atoms with E-state index >= 15 is 0 Å². The summed E-state index contributed by atoms with van der Waals surface area (Å²) in [6, 6.07) is 14.1. The Morgan fingerprint density at radius 3 is 2.52 bits per heavy atom. The number of aryl methyl sites for hydroxylation is 3. The zero-order valence-electron chi connectivity index (χ0n) is 16.3. The van der Waals surface area contributed by atoms with Gasteiger partial charge >= 0.3 is 0 Å². The van der Waals surface area contributed by atoms with Crippen LogP contribution in [0.2, 0.25) is 0 Å². The molecule has 0 aliphatic heterocycles. The monoisotopic (exact) mass is 380 g/mol. The summed E-state index contributed by atoms with van der Waals surface area (Å²) >= 11 is 1.41. The van der Waals surface area contributed by atoms with Crippen molar-refractivity contribution in [2.75, 3.05) is 5.32 Å². The number of anilines is 1. The van der Waals surface area contributed by atoms with Crippen LogP contribution in [0.5, 0.6) is 0 Å². The molecule has 0 saturated heterocycles. The molecule has 0 aliphatic rings. The van der Waals surface area contributed by atoms with Gasteiger partial charge in [0, 0.05) is 18.3 Å². The van der Waals surface area contributed by atoms with E-state index in [-0.39, 0.29) is 11.2 Å². The highest BCUT2D eigenvalue weighted by Crippen LogP contribution is 2.28. The van der Waals surface area contributed by atoms with Gasteiger partial charge in [-0.3, -0.25) is 4.79 Å². The van der Waals surface area contributed by atoms with Crippen molar-refractivity contribution in [3.05, 3.63) is 59.2 Å². The fourth-order valence-corrected chi connectivity index (χ4v) is 3.69. The van der Waals surface area contributed by atoms with Crippen molar-refractivity contribution in [3.8, 4) is 11.4 Å². The molecule has 3 rings (SSSR count). The van der Waals surface area contributed by atoms with Crippen molar-refractivity contribution >= 4 is 23.4 Å². The van der Waals surface area contributed by atoms with E-state index in [4.69, 9.17) is 0 Å². The molecule has 0 unspecified atom stereocenters. The molecular weight excluding hydrogens is 356 g/mol. The molecule has 0 spiro atoms. The highest BCUT2D eigenvalue weighted by molar-refractivity contribution is 8.00. The Morgan fingerprint density at radius 1 is 1.07 bits per heavy atom. The van der Waals surface area contributed by atoms with Gasteiger partial charge in [-0.25, -0.2) is 0 Å². The number of nitrogens with zero attached hydrogens (tertiary/aromatic N) is 3. The number of carbonyl (C=O) groups is 1. The molecule has 27 heavy (non-hydrogen) atoms. The van der Waals surface area contributed by atoms with E-state index < -0.39 is 0 Å². The Kier molecular flexibility index (Phi) is 5.65. The first kappa shape index (κ1) is 19.2. The molecule has 3 aromatic rings. The van der Waals surface area contributed by atoms with Crippen LogP contribution in [-0.4, -0.2) is 25.9 Å². The van der Waals surface area contributed by atoms with Crippen LogP contribution < -0.4 is 5.32 Å². The zero-order chi connectivity index (χ0) is 19.6. The third-order valence-electron chi connectivity index (χ3n) is 4.51. The molecule has 140 valence electrons.